The molecular weight excluding hydrogens is 290 g/mol. The minimum Gasteiger partial charge on any atom is -0.461 e. The van der Waals surface area contributed by atoms with Gasteiger partial charge in [0.05, 0.1) is 6.61 Å². The zero-order valence-electron chi connectivity index (χ0n) is 11.5. The second-order valence-corrected chi connectivity index (χ2v) is 5.18. The van der Waals surface area contributed by atoms with Crippen molar-refractivity contribution in [1.29, 1.82) is 0 Å². The molecule has 0 radical (unpaired) electrons. The van der Waals surface area contributed by atoms with Crippen molar-refractivity contribution in [2.75, 3.05) is 11.9 Å². The molecule has 2 aromatic heterocycles. The first-order valence-corrected chi connectivity index (χ1v) is 7.32. The van der Waals surface area contributed by atoms with Gasteiger partial charge < -0.3 is 10.1 Å². The van der Waals surface area contributed by atoms with Crippen molar-refractivity contribution < 1.29 is 14.3 Å². The summed E-state index contributed by atoms with van der Waals surface area (Å²) in [7, 11) is 0. The van der Waals surface area contributed by atoms with E-state index in [-0.39, 0.29) is 11.6 Å². The number of hydrogen-bond donors (Lipinski definition) is 1. The largest absolute Gasteiger partial charge is 0.461 e. The van der Waals surface area contributed by atoms with E-state index in [0.29, 0.717) is 11.7 Å². The third-order valence-electron chi connectivity index (χ3n) is 2.56. The molecule has 2 rings (SSSR count). The Hall–Kier alpha value is -2.28. The molecule has 0 saturated heterocycles. The summed E-state index contributed by atoms with van der Waals surface area (Å²) in [6.45, 7) is 1.71. The van der Waals surface area contributed by atoms with Crippen molar-refractivity contribution in [1.82, 2.24) is 9.97 Å². The molecule has 0 aliphatic carbocycles. The first-order valence-electron chi connectivity index (χ1n) is 6.44. The second-order valence-electron chi connectivity index (χ2n) is 4.32. The van der Waals surface area contributed by atoms with Gasteiger partial charge in [-0.1, -0.05) is 6.07 Å². The molecule has 1 amide bonds. The smallest absolute Gasteiger partial charge is 0.357 e. The maximum absolute atomic E-state index is 11.8. The van der Waals surface area contributed by atoms with Gasteiger partial charge in [-0.05, 0) is 24.5 Å². The zero-order valence-corrected chi connectivity index (χ0v) is 12.4. The third-order valence-corrected chi connectivity index (χ3v) is 3.32. The molecule has 0 unspecified atom stereocenters. The Bertz CT molecular complexity index is 613. The molecular formula is C14H15N3O3S. The van der Waals surface area contributed by atoms with Gasteiger partial charge in [-0.2, -0.15) is 0 Å². The van der Waals surface area contributed by atoms with Crippen LogP contribution in [0.4, 0.5) is 5.13 Å². The fourth-order valence-corrected chi connectivity index (χ4v) is 2.36. The van der Waals surface area contributed by atoms with Gasteiger partial charge in [0, 0.05) is 24.7 Å². The molecule has 0 aliphatic heterocycles. The van der Waals surface area contributed by atoms with Crippen molar-refractivity contribution in [2.45, 2.75) is 19.8 Å². The van der Waals surface area contributed by atoms with Gasteiger partial charge in [0.25, 0.3) is 0 Å². The number of amides is 1. The van der Waals surface area contributed by atoms with Gasteiger partial charge in [-0.15, -0.1) is 11.3 Å². The Balaban J connectivity index is 1.74. The fourth-order valence-electron chi connectivity index (χ4n) is 1.64. The highest BCUT2D eigenvalue weighted by Crippen LogP contribution is 2.16. The predicted molar refractivity (Wildman–Crippen MR) is 79.3 cm³/mol. The van der Waals surface area contributed by atoms with Crippen LogP contribution in [0.2, 0.25) is 0 Å². The van der Waals surface area contributed by atoms with Gasteiger partial charge in [0.15, 0.2) is 10.8 Å². The second kappa shape index (κ2) is 7.49. The Morgan fingerprint density at radius 2 is 2.29 bits per heavy atom. The van der Waals surface area contributed by atoms with Crippen molar-refractivity contribution in [2.24, 2.45) is 0 Å². The lowest BCUT2D eigenvalue weighted by Crippen LogP contribution is -2.09. The summed E-state index contributed by atoms with van der Waals surface area (Å²) in [5.74, 6) is -0.699. The molecule has 2 aromatic rings. The first-order chi connectivity index (χ1) is 10.1. The van der Waals surface area contributed by atoms with Crippen LogP contribution in [-0.2, 0) is 16.0 Å². The molecule has 1 N–H and O–H groups in total. The predicted octanol–water partition coefficient (Wildman–Crippen LogP) is 2.29. The molecule has 0 atom stereocenters. The van der Waals surface area contributed by atoms with Gasteiger partial charge in [-0.25, -0.2) is 9.78 Å². The van der Waals surface area contributed by atoms with E-state index in [9.17, 15) is 9.59 Å². The normalized spacial score (nSPS) is 10.1. The van der Waals surface area contributed by atoms with E-state index in [1.54, 1.807) is 17.8 Å². The number of carbonyl (C=O) groups excluding carboxylic acids is 2. The monoisotopic (exact) mass is 305 g/mol. The number of pyridine rings is 1. The van der Waals surface area contributed by atoms with Crippen molar-refractivity contribution in [3.05, 3.63) is 41.2 Å². The van der Waals surface area contributed by atoms with Crippen LogP contribution in [0, 0.1) is 0 Å². The van der Waals surface area contributed by atoms with Crippen LogP contribution in [0.3, 0.4) is 0 Å². The van der Waals surface area contributed by atoms with Crippen LogP contribution in [0.5, 0.6) is 0 Å². The Kier molecular flexibility index (Phi) is 5.39. The molecule has 7 heteroatoms. The Morgan fingerprint density at radius 3 is 3.00 bits per heavy atom. The van der Waals surface area contributed by atoms with Crippen LogP contribution >= 0.6 is 11.3 Å². The van der Waals surface area contributed by atoms with E-state index in [1.807, 2.05) is 12.1 Å². The number of aromatic nitrogens is 2. The minimum atomic E-state index is -0.478. The number of nitrogens with one attached hydrogen (secondary N) is 1. The van der Waals surface area contributed by atoms with Gasteiger partial charge >= 0.3 is 5.97 Å². The maximum atomic E-state index is 11.8. The molecule has 0 aliphatic rings. The molecule has 0 fully saturated rings. The highest BCUT2D eigenvalue weighted by molar-refractivity contribution is 7.14. The van der Waals surface area contributed by atoms with E-state index >= 15 is 0 Å². The molecule has 0 bridgehead atoms. The van der Waals surface area contributed by atoms with Crippen LogP contribution in [0.25, 0.3) is 0 Å². The lowest BCUT2D eigenvalue weighted by atomic mass is 10.2. The number of hydrogen-bond acceptors (Lipinski definition) is 6. The highest BCUT2D eigenvalue weighted by atomic mass is 32.1. The van der Waals surface area contributed by atoms with Gasteiger partial charge in [-0.3, -0.25) is 9.78 Å². The molecule has 6 nitrogen and oxygen atoms in total. The standard InChI is InChI=1S/C14H15N3O3S/c1-10(18)16-14-17-12(9-21-14)13(19)20-7-3-5-11-4-2-6-15-8-11/h2,4,6,8-9H,3,5,7H2,1H3,(H,16,17,18). The van der Waals surface area contributed by atoms with Crippen LogP contribution in [0.15, 0.2) is 29.9 Å². The lowest BCUT2D eigenvalue weighted by Gasteiger charge is -2.03. The average Bonchev–Trinajstić information content (AvgIpc) is 2.92. The summed E-state index contributed by atoms with van der Waals surface area (Å²) < 4.78 is 5.14. The minimum absolute atomic E-state index is 0.213. The fraction of sp³-hybridized carbons (Fsp3) is 0.286. The molecule has 0 aromatic carbocycles. The highest BCUT2D eigenvalue weighted by Gasteiger charge is 2.12. The van der Waals surface area contributed by atoms with E-state index in [1.165, 1.54) is 18.3 Å². The van der Waals surface area contributed by atoms with Gasteiger partial charge in [0.2, 0.25) is 5.91 Å². The van der Waals surface area contributed by atoms with E-state index in [0.717, 1.165) is 18.4 Å². The van der Waals surface area contributed by atoms with Crippen LogP contribution < -0.4 is 5.32 Å². The molecule has 110 valence electrons. The lowest BCUT2D eigenvalue weighted by molar-refractivity contribution is -0.114. The van der Waals surface area contributed by atoms with Gasteiger partial charge in [0.1, 0.15) is 0 Å². The third kappa shape index (κ3) is 4.96. The number of ether oxygens (including phenoxy) is 1. The van der Waals surface area contributed by atoms with Crippen molar-refractivity contribution in [3.63, 3.8) is 0 Å². The number of anilines is 1. The Morgan fingerprint density at radius 1 is 1.43 bits per heavy atom. The van der Waals surface area contributed by atoms with Crippen LogP contribution in [0.1, 0.15) is 29.4 Å². The van der Waals surface area contributed by atoms with Crippen molar-refractivity contribution in [3.8, 4) is 0 Å². The number of carbonyl (C=O) groups is 2. The molecule has 0 spiro atoms. The summed E-state index contributed by atoms with van der Waals surface area (Å²) in [5, 5.41) is 4.48. The SMILES string of the molecule is CC(=O)Nc1nc(C(=O)OCCCc2cccnc2)cs1. The summed E-state index contributed by atoms with van der Waals surface area (Å²) >= 11 is 1.19. The number of nitrogens with zero attached hydrogens (tertiary/aromatic N) is 2. The van der Waals surface area contributed by atoms with Crippen molar-refractivity contribution >= 4 is 28.3 Å². The Labute approximate surface area is 126 Å². The molecule has 0 saturated carbocycles. The topological polar surface area (TPSA) is 81.2 Å². The number of aryl methyl sites for hydroxylation is 1. The number of rotatable bonds is 6. The van der Waals surface area contributed by atoms with Crippen LogP contribution in [-0.4, -0.2) is 28.5 Å². The molecule has 2 heterocycles. The maximum Gasteiger partial charge on any atom is 0.357 e. The average molecular weight is 305 g/mol. The summed E-state index contributed by atoms with van der Waals surface area (Å²) in [6.07, 6.45) is 5.04. The van der Waals surface area contributed by atoms with E-state index in [4.69, 9.17) is 4.74 Å². The molecule has 21 heavy (non-hydrogen) atoms. The zero-order chi connectivity index (χ0) is 15.1. The quantitative estimate of drug-likeness (QED) is 0.654. The number of esters is 1. The summed E-state index contributed by atoms with van der Waals surface area (Å²) in [5.41, 5.74) is 1.32. The number of thiazole rings is 1. The summed E-state index contributed by atoms with van der Waals surface area (Å²) in [4.78, 5) is 30.6. The summed E-state index contributed by atoms with van der Waals surface area (Å²) in [6, 6.07) is 3.86. The van der Waals surface area contributed by atoms with E-state index < -0.39 is 5.97 Å². The van der Waals surface area contributed by atoms with E-state index in [2.05, 4.69) is 15.3 Å². The first kappa shape index (κ1) is 15.1.